The van der Waals surface area contributed by atoms with E-state index in [4.69, 9.17) is 14.9 Å². The summed E-state index contributed by atoms with van der Waals surface area (Å²) in [4.78, 5) is 52.3. The van der Waals surface area contributed by atoms with E-state index in [1.54, 1.807) is 4.90 Å². The first-order chi connectivity index (χ1) is 18.7. The average Bonchev–Trinajstić information content (AvgIpc) is 3.39. The number of fused-ring (bicyclic) bond motifs is 1. The van der Waals surface area contributed by atoms with E-state index in [9.17, 15) is 29.6 Å². The first-order valence-corrected chi connectivity index (χ1v) is 17.5. The maximum atomic E-state index is 13.1. The molecule has 3 heterocycles. The van der Waals surface area contributed by atoms with Gasteiger partial charge in [0.2, 0.25) is 5.91 Å². The van der Waals surface area contributed by atoms with E-state index >= 15 is 0 Å². The standard InChI is InChI=1S/C26H36N4O8SSi/c1-14-21-20(15(2)38-40(3,4)5)24(31)29(21)22(25(32)33)23(14)39-19-10-18(11-27)28(12-19)26(34)37-13-16-6-8-17(9-7-16)30(35)36/h6-9,14-15,18-21H,10-13,27H2,1-5H3,(H,32,33)/t14-,15-,18+,19+,20-,21-/m1/s1. The molecule has 0 saturated carbocycles. The Morgan fingerprint density at radius 2 is 1.93 bits per heavy atom. The minimum Gasteiger partial charge on any atom is -0.477 e. The molecule has 12 nitrogen and oxygen atoms in total. The number of nitrogens with zero attached hydrogens (tertiary/aromatic N) is 3. The molecule has 6 atom stereocenters. The van der Waals surface area contributed by atoms with Crippen LogP contribution in [0.1, 0.15) is 25.8 Å². The molecule has 2 fully saturated rings. The summed E-state index contributed by atoms with van der Waals surface area (Å²) in [5, 5.41) is 20.8. The van der Waals surface area contributed by atoms with Gasteiger partial charge in [-0.15, -0.1) is 11.8 Å². The van der Waals surface area contributed by atoms with Gasteiger partial charge in [0.25, 0.3) is 5.69 Å². The number of β-lactam (4-membered cyclic amide) rings is 1. The number of thioether (sulfide) groups is 1. The van der Waals surface area contributed by atoms with Crippen LogP contribution in [0.4, 0.5) is 10.5 Å². The van der Waals surface area contributed by atoms with Crippen molar-refractivity contribution >= 4 is 43.7 Å². The van der Waals surface area contributed by atoms with Crippen LogP contribution < -0.4 is 5.73 Å². The normalized spacial score (nSPS) is 26.9. The van der Waals surface area contributed by atoms with Gasteiger partial charge >= 0.3 is 12.1 Å². The smallest absolute Gasteiger partial charge is 0.410 e. The third kappa shape index (κ3) is 5.89. The molecule has 14 heteroatoms. The molecule has 0 aliphatic carbocycles. The van der Waals surface area contributed by atoms with Gasteiger partial charge in [-0.1, -0.05) is 6.92 Å². The molecule has 3 aliphatic rings. The fourth-order valence-electron chi connectivity index (χ4n) is 5.82. The molecule has 1 aromatic rings. The van der Waals surface area contributed by atoms with Gasteiger partial charge in [0.05, 0.1) is 23.0 Å². The Balaban J connectivity index is 1.43. The van der Waals surface area contributed by atoms with Crippen LogP contribution in [0.2, 0.25) is 19.6 Å². The van der Waals surface area contributed by atoms with Crippen molar-refractivity contribution in [2.45, 2.75) is 70.0 Å². The maximum absolute atomic E-state index is 13.1. The first-order valence-electron chi connectivity index (χ1n) is 13.2. The number of carboxylic acid groups (broad SMARTS) is 1. The number of nitro benzene ring substituents is 1. The summed E-state index contributed by atoms with van der Waals surface area (Å²) in [5.41, 5.74) is 6.55. The second kappa shape index (κ2) is 11.5. The van der Waals surface area contributed by atoms with E-state index in [0.29, 0.717) is 23.4 Å². The second-order valence-electron chi connectivity index (χ2n) is 11.5. The SMILES string of the molecule is C[C@@H](O[Si](C)(C)C)[C@H]1C(=O)N2C(C(=O)O)=C(S[C@H]3C[C@@H](CN)N(C(=O)OCc4ccc([N+](=O)[O-])cc4)C3)[C@H](C)[C@H]12. The lowest BCUT2D eigenvalue weighted by molar-refractivity contribution is -0.384. The van der Waals surface area contributed by atoms with Gasteiger partial charge < -0.3 is 29.8 Å². The van der Waals surface area contributed by atoms with Crippen LogP contribution in [0, 0.1) is 22.0 Å². The molecule has 4 rings (SSSR count). The van der Waals surface area contributed by atoms with E-state index in [2.05, 4.69) is 19.6 Å². The minimum absolute atomic E-state index is 0.0208. The highest BCUT2D eigenvalue weighted by Crippen LogP contribution is 2.52. The van der Waals surface area contributed by atoms with Gasteiger partial charge in [-0.3, -0.25) is 14.9 Å². The highest BCUT2D eigenvalue weighted by atomic mass is 32.2. The summed E-state index contributed by atoms with van der Waals surface area (Å²) in [6, 6.07) is 5.20. The summed E-state index contributed by atoms with van der Waals surface area (Å²) < 4.78 is 11.7. The number of carbonyl (C=O) groups is 3. The van der Waals surface area contributed by atoms with E-state index in [1.807, 2.05) is 13.8 Å². The number of rotatable bonds is 10. The summed E-state index contributed by atoms with van der Waals surface area (Å²) in [6.07, 6.45) is -0.315. The van der Waals surface area contributed by atoms with Crippen molar-refractivity contribution in [1.29, 1.82) is 0 Å². The van der Waals surface area contributed by atoms with Gasteiger partial charge in [-0.05, 0) is 50.7 Å². The lowest BCUT2D eigenvalue weighted by Crippen LogP contribution is -2.64. The molecule has 2 saturated heterocycles. The summed E-state index contributed by atoms with van der Waals surface area (Å²) in [6.45, 7) is 10.5. The molecule has 0 aromatic heterocycles. The number of amides is 2. The highest BCUT2D eigenvalue weighted by molar-refractivity contribution is 8.03. The Labute approximate surface area is 238 Å². The second-order valence-corrected chi connectivity index (χ2v) is 17.3. The molecule has 0 bridgehead atoms. The third-order valence-electron chi connectivity index (χ3n) is 7.52. The molecule has 40 heavy (non-hydrogen) atoms. The van der Waals surface area contributed by atoms with Crippen LogP contribution in [0.25, 0.3) is 0 Å². The number of carbonyl (C=O) groups excluding carboxylic acids is 2. The monoisotopic (exact) mass is 592 g/mol. The third-order valence-corrected chi connectivity index (χ3v) is 10.1. The number of nitrogens with two attached hydrogens (primary N) is 1. The average molecular weight is 593 g/mol. The summed E-state index contributed by atoms with van der Waals surface area (Å²) in [7, 11) is -1.91. The molecule has 3 N–H and O–H groups in total. The topological polar surface area (TPSA) is 166 Å². The maximum Gasteiger partial charge on any atom is 0.410 e. The van der Waals surface area contributed by atoms with E-state index in [1.165, 1.54) is 40.9 Å². The Hall–Kier alpha value is -2.94. The Bertz CT molecular complexity index is 1220. The predicted molar refractivity (Wildman–Crippen MR) is 151 cm³/mol. The Morgan fingerprint density at radius 3 is 2.48 bits per heavy atom. The lowest BCUT2D eigenvalue weighted by Gasteiger charge is -2.48. The number of hydrogen-bond acceptors (Lipinski definition) is 9. The first kappa shape index (κ1) is 30.0. The molecule has 2 amide bonds. The quantitative estimate of drug-likeness (QED) is 0.178. The van der Waals surface area contributed by atoms with Crippen LogP contribution in [-0.2, 0) is 25.4 Å². The van der Waals surface area contributed by atoms with Gasteiger partial charge in [-0.25, -0.2) is 9.59 Å². The Morgan fingerprint density at radius 1 is 1.27 bits per heavy atom. The molecule has 218 valence electrons. The van der Waals surface area contributed by atoms with Crippen molar-refractivity contribution in [2.24, 2.45) is 17.6 Å². The molecule has 3 aliphatic heterocycles. The molecule has 0 spiro atoms. The number of ether oxygens (including phenoxy) is 1. The lowest BCUT2D eigenvalue weighted by atomic mass is 9.79. The van der Waals surface area contributed by atoms with Gasteiger partial charge in [0.1, 0.15) is 12.3 Å². The summed E-state index contributed by atoms with van der Waals surface area (Å²) in [5.74, 6) is -1.96. The van der Waals surface area contributed by atoms with Crippen LogP contribution in [-0.4, -0.2) is 82.6 Å². The molecular formula is C26H36N4O8SSi. The van der Waals surface area contributed by atoms with Crippen molar-refractivity contribution in [3.05, 3.63) is 50.5 Å². The zero-order valence-corrected chi connectivity index (χ0v) is 25.1. The van der Waals surface area contributed by atoms with Crippen LogP contribution in [0.3, 0.4) is 0 Å². The van der Waals surface area contributed by atoms with Crippen molar-refractivity contribution < 1.29 is 33.6 Å². The van der Waals surface area contributed by atoms with Crippen molar-refractivity contribution in [3.63, 3.8) is 0 Å². The van der Waals surface area contributed by atoms with Gasteiger partial charge in [0.15, 0.2) is 8.32 Å². The molecular weight excluding hydrogens is 556 g/mol. The zero-order valence-electron chi connectivity index (χ0n) is 23.2. The fraction of sp³-hybridized carbons (Fsp3) is 0.577. The number of nitro groups is 1. The van der Waals surface area contributed by atoms with Gasteiger partial charge in [0, 0.05) is 47.3 Å². The minimum atomic E-state index is -1.91. The number of likely N-dealkylation sites (tertiary alicyclic amines) is 1. The van der Waals surface area contributed by atoms with E-state index in [-0.39, 0.29) is 59.8 Å². The molecule has 0 radical (unpaired) electrons. The summed E-state index contributed by atoms with van der Waals surface area (Å²) >= 11 is 1.40. The zero-order chi connectivity index (χ0) is 29.5. The van der Waals surface area contributed by atoms with Crippen LogP contribution in [0.15, 0.2) is 34.9 Å². The van der Waals surface area contributed by atoms with E-state index in [0.717, 1.165) is 0 Å². The number of hydrogen-bond donors (Lipinski definition) is 2. The molecule has 1 aromatic carbocycles. The van der Waals surface area contributed by atoms with Gasteiger partial charge in [-0.2, -0.15) is 0 Å². The van der Waals surface area contributed by atoms with Crippen molar-refractivity contribution in [3.8, 4) is 0 Å². The highest BCUT2D eigenvalue weighted by Gasteiger charge is 2.61. The largest absolute Gasteiger partial charge is 0.477 e. The van der Waals surface area contributed by atoms with Crippen LogP contribution in [0.5, 0.6) is 0 Å². The molecule has 0 unspecified atom stereocenters. The Kier molecular flexibility index (Phi) is 8.64. The van der Waals surface area contributed by atoms with Crippen molar-refractivity contribution in [1.82, 2.24) is 9.80 Å². The van der Waals surface area contributed by atoms with Crippen molar-refractivity contribution in [2.75, 3.05) is 13.1 Å². The fourth-order valence-corrected chi connectivity index (χ4v) is 8.65. The number of non-ortho nitro benzene ring substituents is 1. The number of benzene rings is 1. The van der Waals surface area contributed by atoms with Crippen LogP contribution >= 0.6 is 11.8 Å². The number of carboxylic acids is 1. The van der Waals surface area contributed by atoms with E-state index < -0.39 is 31.2 Å². The number of aliphatic carboxylic acids is 1. The predicted octanol–water partition coefficient (Wildman–Crippen LogP) is 3.38.